The van der Waals surface area contributed by atoms with Crippen LogP contribution in [0.2, 0.25) is 0 Å². The summed E-state index contributed by atoms with van der Waals surface area (Å²) in [5.41, 5.74) is -0.856. The number of fused-ring (bicyclic) bond motifs is 1. The molecule has 2 aromatic heterocycles. The SMILES string of the molecule is COc1cc(C#CC(F)(F)F)c(F)cc1-n1c(=O)ccc2cc(S(=O)(=O)Cc3ccon3)ccc21. The van der Waals surface area contributed by atoms with Gasteiger partial charge in [-0.2, -0.15) is 13.2 Å². The Balaban J connectivity index is 1.85. The van der Waals surface area contributed by atoms with Crippen molar-refractivity contribution in [3.05, 3.63) is 82.2 Å². The molecule has 4 rings (SSSR count). The Morgan fingerprint density at radius 3 is 2.54 bits per heavy atom. The number of rotatable bonds is 5. The van der Waals surface area contributed by atoms with E-state index in [-0.39, 0.29) is 27.5 Å². The minimum Gasteiger partial charge on any atom is -0.495 e. The lowest BCUT2D eigenvalue weighted by Gasteiger charge is -2.15. The Hall–Kier alpha value is -4.11. The molecule has 0 saturated carbocycles. The van der Waals surface area contributed by atoms with Crippen LogP contribution in [0.3, 0.4) is 0 Å². The van der Waals surface area contributed by atoms with Gasteiger partial charge in [-0.25, -0.2) is 12.8 Å². The van der Waals surface area contributed by atoms with Crippen molar-refractivity contribution in [2.24, 2.45) is 0 Å². The van der Waals surface area contributed by atoms with Crippen LogP contribution in [0.4, 0.5) is 17.6 Å². The number of hydrogen-bond acceptors (Lipinski definition) is 6. The van der Waals surface area contributed by atoms with Gasteiger partial charge in [0.2, 0.25) is 0 Å². The van der Waals surface area contributed by atoms with Crippen LogP contribution >= 0.6 is 0 Å². The van der Waals surface area contributed by atoms with Crippen LogP contribution in [0.25, 0.3) is 16.6 Å². The topological polar surface area (TPSA) is 91.4 Å². The molecule has 4 aromatic rings. The molecular weight excluding hydrogens is 492 g/mol. The summed E-state index contributed by atoms with van der Waals surface area (Å²) in [6.07, 6.45) is -3.58. The van der Waals surface area contributed by atoms with E-state index in [0.717, 1.165) is 28.7 Å². The molecule has 2 heterocycles. The van der Waals surface area contributed by atoms with Crippen molar-refractivity contribution in [2.75, 3.05) is 7.11 Å². The molecule has 0 unspecified atom stereocenters. The van der Waals surface area contributed by atoms with E-state index in [1.165, 1.54) is 43.7 Å². The van der Waals surface area contributed by atoms with E-state index in [0.29, 0.717) is 5.39 Å². The summed E-state index contributed by atoms with van der Waals surface area (Å²) in [5.74, 6) is 1.06. The Labute approximate surface area is 195 Å². The highest BCUT2D eigenvalue weighted by molar-refractivity contribution is 7.90. The number of pyridine rings is 1. The van der Waals surface area contributed by atoms with Gasteiger partial charge in [-0.05, 0) is 24.3 Å². The third-order valence-corrected chi connectivity index (χ3v) is 6.55. The van der Waals surface area contributed by atoms with Crippen molar-refractivity contribution in [1.29, 1.82) is 0 Å². The van der Waals surface area contributed by atoms with E-state index in [9.17, 15) is 30.8 Å². The van der Waals surface area contributed by atoms with Crippen LogP contribution in [0.15, 0.2) is 69.0 Å². The molecule has 0 saturated heterocycles. The number of methoxy groups -OCH3 is 1. The predicted octanol–water partition coefficient (Wildman–Crippen LogP) is 4.01. The molecule has 35 heavy (non-hydrogen) atoms. The van der Waals surface area contributed by atoms with Crippen LogP contribution in [-0.4, -0.2) is 31.4 Å². The highest BCUT2D eigenvalue weighted by Crippen LogP contribution is 2.29. The van der Waals surface area contributed by atoms with Crippen molar-refractivity contribution >= 4 is 20.7 Å². The summed E-state index contributed by atoms with van der Waals surface area (Å²) in [6.45, 7) is 0. The number of benzene rings is 2. The molecule has 2 aromatic carbocycles. The molecule has 0 atom stereocenters. The molecule has 0 aliphatic heterocycles. The van der Waals surface area contributed by atoms with Gasteiger partial charge in [0.25, 0.3) is 5.56 Å². The maximum atomic E-state index is 14.6. The molecule has 0 radical (unpaired) electrons. The van der Waals surface area contributed by atoms with Gasteiger partial charge in [0.05, 0.1) is 34.5 Å². The van der Waals surface area contributed by atoms with Crippen LogP contribution in [0, 0.1) is 17.7 Å². The number of hydrogen-bond donors (Lipinski definition) is 0. The van der Waals surface area contributed by atoms with E-state index in [1.54, 1.807) is 5.92 Å². The minimum absolute atomic E-state index is 0.0471. The summed E-state index contributed by atoms with van der Waals surface area (Å²) >= 11 is 0. The molecule has 0 amide bonds. The summed E-state index contributed by atoms with van der Waals surface area (Å²) in [6, 6.07) is 9.72. The van der Waals surface area contributed by atoms with E-state index in [2.05, 4.69) is 9.68 Å². The number of halogens is 4. The highest BCUT2D eigenvalue weighted by atomic mass is 32.2. The summed E-state index contributed by atoms with van der Waals surface area (Å²) < 4.78 is 88.3. The van der Waals surface area contributed by atoms with Crippen molar-refractivity contribution < 1.29 is 35.2 Å². The zero-order valence-corrected chi connectivity index (χ0v) is 18.6. The van der Waals surface area contributed by atoms with Crippen LogP contribution in [-0.2, 0) is 15.6 Å². The molecule has 0 fully saturated rings. The first kappa shape index (κ1) is 24.0. The van der Waals surface area contributed by atoms with Gasteiger partial charge in [0.1, 0.15) is 23.6 Å². The molecule has 0 aliphatic rings. The van der Waals surface area contributed by atoms with E-state index in [4.69, 9.17) is 4.74 Å². The summed E-state index contributed by atoms with van der Waals surface area (Å²) in [4.78, 5) is 12.7. The number of nitrogens with zero attached hydrogens (tertiary/aromatic N) is 2. The smallest absolute Gasteiger partial charge is 0.458 e. The van der Waals surface area contributed by atoms with Gasteiger partial charge < -0.3 is 9.26 Å². The fraction of sp³-hybridized carbons (Fsp3) is 0.130. The Kier molecular flexibility index (Phi) is 6.12. The highest BCUT2D eigenvalue weighted by Gasteiger charge is 2.24. The molecule has 180 valence electrons. The minimum atomic E-state index is -4.82. The van der Waals surface area contributed by atoms with Gasteiger partial charge in [-0.3, -0.25) is 9.36 Å². The Morgan fingerprint density at radius 2 is 1.89 bits per heavy atom. The predicted molar refractivity (Wildman–Crippen MR) is 116 cm³/mol. The fourth-order valence-corrected chi connectivity index (χ4v) is 4.66. The molecule has 0 spiro atoms. The maximum Gasteiger partial charge on any atom is 0.458 e. The summed E-state index contributed by atoms with van der Waals surface area (Å²) in [7, 11) is -2.61. The fourth-order valence-electron chi connectivity index (χ4n) is 3.37. The average Bonchev–Trinajstić information content (AvgIpc) is 3.29. The van der Waals surface area contributed by atoms with Crippen molar-refractivity contribution in [2.45, 2.75) is 16.8 Å². The van der Waals surface area contributed by atoms with E-state index < -0.39 is 38.7 Å². The number of aromatic nitrogens is 2. The first-order chi connectivity index (χ1) is 16.5. The largest absolute Gasteiger partial charge is 0.495 e. The van der Waals surface area contributed by atoms with Crippen LogP contribution < -0.4 is 10.3 Å². The van der Waals surface area contributed by atoms with Gasteiger partial charge in [0.15, 0.2) is 9.84 Å². The zero-order chi connectivity index (χ0) is 25.4. The van der Waals surface area contributed by atoms with Crippen molar-refractivity contribution in [1.82, 2.24) is 9.72 Å². The first-order valence-electron chi connectivity index (χ1n) is 9.74. The summed E-state index contributed by atoms with van der Waals surface area (Å²) in [5, 5.41) is 3.92. The van der Waals surface area contributed by atoms with Crippen molar-refractivity contribution in [3.8, 4) is 23.3 Å². The number of alkyl halides is 3. The normalized spacial score (nSPS) is 11.8. The van der Waals surface area contributed by atoms with Crippen LogP contribution in [0.5, 0.6) is 5.75 Å². The monoisotopic (exact) mass is 506 g/mol. The molecule has 7 nitrogen and oxygen atoms in total. The second kappa shape index (κ2) is 8.92. The molecular formula is C23H14F4N2O5S. The molecule has 12 heteroatoms. The third kappa shape index (κ3) is 5.04. The second-order valence-electron chi connectivity index (χ2n) is 7.23. The number of sulfone groups is 1. The zero-order valence-electron chi connectivity index (χ0n) is 17.8. The lowest BCUT2D eigenvalue weighted by Crippen LogP contribution is -2.18. The van der Waals surface area contributed by atoms with E-state index >= 15 is 0 Å². The lowest BCUT2D eigenvalue weighted by atomic mass is 10.1. The van der Waals surface area contributed by atoms with Gasteiger partial charge in [-0.15, -0.1) is 0 Å². The standard InChI is InChI=1S/C23H14F4N2O5S/c1-33-21-11-14(6-8-23(25,26)27)18(24)12-20(21)29-19-4-3-17(10-15(19)2-5-22(29)30)35(31,32)13-16-7-9-34-28-16/h2-5,7,9-12H,13H2,1H3. The quantitative estimate of drug-likeness (QED) is 0.300. The van der Waals surface area contributed by atoms with Crippen LogP contribution in [0.1, 0.15) is 11.3 Å². The molecule has 0 bridgehead atoms. The van der Waals surface area contributed by atoms with Gasteiger partial charge in [0, 0.05) is 35.6 Å². The lowest BCUT2D eigenvalue weighted by molar-refractivity contribution is -0.0696. The third-order valence-electron chi connectivity index (χ3n) is 4.90. The second-order valence-corrected chi connectivity index (χ2v) is 9.22. The average molecular weight is 506 g/mol. The first-order valence-corrected chi connectivity index (χ1v) is 11.4. The van der Waals surface area contributed by atoms with E-state index in [1.807, 2.05) is 0 Å². The Bertz CT molecular complexity index is 1650. The molecule has 0 N–H and O–H groups in total. The Morgan fingerprint density at radius 1 is 1.11 bits per heavy atom. The van der Waals surface area contributed by atoms with Crippen molar-refractivity contribution in [3.63, 3.8) is 0 Å². The number of ether oxygens (including phenoxy) is 1. The van der Waals surface area contributed by atoms with Gasteiger partial charge >= 0.3 is 6.18 Å². The maximum absolute atomic E-state index is 14.6. The molecule has 0 aliphatic carbocycles. The van der Waals surface area contributed by atoms with Gasteiger partial charge in [-0.1, -0.05) is 11.1 Å².